The van der Waals surface area contributed by atoms with Crippen LogP contribution < -0.4 is 0 Å². The largest absolute Gasteiger partial charge is 0.302 e. The van der Waals surface area contributed by atoms with Gasteiger partial charge in [-0.2, -0.15) is 0 Å². The molecule has 0 amide bonds. The molecule has 1 aromatic rings. The number of thiophene rings is 1. The minimum absolute atomic E-state index is 1.11. The molecule has 14 heavy (non-hydrogen) atoms. The van der Waals surface area contributed by atoms with E-state index in [9.17, 15) is 0 Å². The van der Waals surface area contributed by atoms with Crippen LogP contribution in [0.3, 0.4) is 0 Å². The average molecular weight is 207 g/mol. The van der Waals surface area contributed by atoms with Gasteiger partial charge in [0.2, 0.25) is 0 Å². The molecule has 0 spiro atoms. The molecule has 1 aliphatic rings. The van der Waals surface area contributed by atoms with E-state index in [1.165, 1.54) is 29.0 Å². The van der Waals surface area contributed by atoms with E-state index < -0.39 is 0 Å². The van der Waals surface area contributed by atoms with E-state index in [0.717, 1.165) is 13.0 Å². The van der Waals surface area contributed by atoms with Gasteiger partial charge in [0.15, 0.2) is 0 Å². The molecule has 2 heterocycles. The normalized spacial score (nSPS) is 18.3. The molecule has 0 atom stereocenters. The van der Waals surface area contributed by atoms with E-state index in [0.29, 0.717) is 0 Å². The summed E-state index contributed by atoms with van der Waals surface area (Å²) >= 11 is 1.89. The van der Waals surface area contributed by atoms with Crippen LogP contribution in [0.15, 0.2) is 17.5 Å². The van der Waals surface area contributed by atoms with Crippen molar-refractivity contribution in [3.05, 3.63) is 28.0 Å². The molecule has 0 radical (unpaired) electrons. The standard InChI is InChI=1S/C12H17NS/c1-3-12-7-11(9-14-12)10-5-4-6-13(2)8-10/h5,7,9H,3-4,6,8H2,1-2H3. The topological polar surface area (TPSA) is 3.24 Å². The predicted octanol–water partition coefficient (Wildman–Crippen LogP) is 3.03. The number of rotatable bonds is 2. The van der Waals surface area contributed by atoms with Crippen LogP contribution in [0.2, 0.25) is 0 Å². The lowest BCUT2D eigenvalue weighted by atomic mass is 10.0. The first-order valence-corrected chi connectivity index (χ1v) is 6.13. The Morgan fingerprint density at radius 2 is 2.36 bits per heavy atom. The number of likely N-dealkylation sites (N-methyl/N-ethyl adjacent to an activating group) is 1. The fourth-order valence-electron chi connectivity index (χ4n) is 1.84. The van der Waals surface area contributed by atoms with Crippen LogP contribution in [-0.4, -0.2) is 25.0 Å². The molecule has 0 saturated heterocycles. The van der Waals surface area contributed by atoms with Crippen molar-refractivity contribution in [1.82, 2.24) is 4.90 Å². The molecule has 0 saturated carbocycles. The minimum Gasteiger partial charge on any atom is -0.302 e. The highest BCUT2D eigenvalue weighted by Gasteiger charge is 2.11. The van der Waals surface area contributed by atoms with Gasteiger partial charge in [-0.1, -0.05) is 13.0 Å². The Bertz CT molecular complexity index is 338. The van der Waals surface area contributed by atoms with Crippen molar-refractivity contribution in [1.29, 1.82) is 0 Å². The first-order valence-electron chi connectivity index (χ1n) is 5.25. The molecule has 1 aromatic heterocycles. The van der Waals surface area contributed by atoms with Gasteiger partial charge < -0.3 is 4.90 Å². The van der Waals surface area contributed by atoms with Crippen LogP contribution in [-0.2, 0) is 6.42 Å². The van der Waals surface area contributed by atoms with E-state index in [4.69, 9.17) is 0 Å². The molecule has 0 bridgehead atoms. The van der Waals surface area contributed by atoms with E-state index in [-0.39, 0.29) is 0 Å². The van der Waals surface area contributed by atoms with Gasteiger partial charge in [0.1, 0.15) is 0 Å². The Morgan fingerprint density at radius 1 is 1.50 bits per heavy atom. The molecule has 0 aromatic carbocycles. The Balaban J connectivity index is 2.18. The van der Waals surface area contributed by atoms with Crippen LogP contribution in [0.25, 0.3) is 5.57 Å². The SMILES string of the molecule is CCc1cc(C2=CCCN(C)C2)cs1. The van der Waals surface area contributed by atoms with Crippen molar-refractivity contribution in [2.45, 2.75) is 19.8 Å². The summed E-state index contributed by atoms with van der Waals surface area (Å²) < 4.78 is 0. The summed E-state index contributed by atoms with van der Waals surface area (Å²) in [4.78, 5) is 3.88. The molecule has 76 valence electrons. The van der Waals surface area contributed by atoms with Crippen molar-refractivity contribution in [3.63, 3.8) is 0 Å². The molecule has 1 nitrogen and oxygen atoms in total. The molecule has 0 N–H and O–H groups in total. The third-order valence-electron chi connectivity index (χ3n) is 2.71. The van der Waals surface area contributed by atoms with Crippen LogP contribution in [0.4, 0.5) is 0 Å². The molecule has 1 aliphatic heterocycles. The second-order valence-electron chi connectivity index (χ2n) is 3.91. The lowest BCUT2D eigenvalue weighted by molar-refractivity contribution is 0.373. The van der Waals surface area contributed by atoms with E-state index in [2.05, 4.69) is 36.4 Å². The maximum Gasteiger partial charge on any atom is 0.0233 e. The number of nitrogens with zero attached hydrogens (tertiary/aromatic N) is 1. The van der Waals surface area contributed by atoms with Gasteiger partial charge >= 0.3 is 0 Å². The van der Waals surface area contributed by atoms with Crippen molar-refractivity contribution in [2.24, 2.45) is 0 Å². The molecule has 0 unspecified atom stereocenters. The zero-order valence-corrected chi connectivity index (χ0v) is 9.73. The lowest BCUT2D eigenvalue weighted by Crippen LogP contribution is -2.24. The van der Waals surface area contributed by atoms with Crippen LogP contribution in [0, 0.1) is 0 Å². The quantitative estimate of drug-likeness (QED) is 0.720. The molecular weight excluding hydrogens is 190 g/mol. The highest BCUT2D eigenvalue weighted by Crippen LogP contribution is 2.25. The van der Waals surface area contributed by atoms with Crippen molar-refractivity contribution < 1.29 is 0 Å². The third kappa shape index (κ3) is 2.07. The summed E-state index contributed by atoms with van der Waals surface area (Å²) in [7, 11) is 2.19. The van der Waals surface area contributed by atoms with Crippen molar-refractivity contribution in [2.75, 3.05) is 20.1 Å². The fourth-order valence-corrected chi connectivity index (χ4v) is 2.70. The zero-order valence-electron chi connectivity index (χ0n) is 8.92. The fraction of sp³-hybridized carbons (Fsp3) is 0.500. The maximum absolute atomic E-state index is 2.39. The smallest absolute Gasteiger partial charge is 0.0233 e. The van der Waals surface area contributed by atoms with Gasteiger partial charge in [-0.05, 0) is 42.5 Å². The van der Waals surface area contributed by atoms with Crippen LogP contribution in [0.1, 0.15) is 23.8 Å². The average Bonchev–Trinajstić information content (AvgIpc) is 2.66. The summed E-state index contributed by atoms with van der Waals surface area (Å²) in [5.41, 5.74) is 2.95. The predicted molar refractivity (Wildman–Crippen MR) is 63.8 cm³/mol. The molecular formula is C12H17NS. The van der Waals surface area contributed by atoms with Gasteiger partial charge in [0.05, 0.1) is 0 Å². The molecule has 0 aliphatic carbocycles. The van der Waals surface area contributed by atoms with Gasteiger partial charge in [0, 0.05) is 18.0 Å². The van der Waals surface area contributed by atoms with Crippen LogP contribution >= 0.6 is 11.3 Å². The number of aryl methyl sites for hydroxylation is 1. The maximum atomic E-state index is 2.39. The van der Waals surface area contributed by atoms with Crippen molar-refractivity contribution >= 4 is 16.9 Å². The van der Waals surface area contributed by atoms with E-state index >= 15 is 0 Å². The van der Waals surface area contributed by atoms with Crippen LogP contribution in [0.5, 0.6) is 0 Å². The molecule has 0 fully saturated rings. The molecule has 2 rings (SSSR count). The summed E-state index contributed by atoms with van der Waals surface area (Å²) in [6.45, 7) is 4.53. The Kier molecular flexibility index (Phi) is 3.04. The molecule has 2 heteroatoms. The Hall–Kier alpha value is -0.600. The highest BCUT2D eigenvalue weighted by molar-refractivity contribution is 7.10. The second kappa shape index (κ2) is 4.28. The number of hydrogen-bond donors (Lipinski definition) is 0. The van der Waals surface area contributed by atoms with Gasteiger partial charge in [-0.25, -0.2) is 0 Å². The summed E-state index contributed by atoms with van der Waals surface area (Å²) in [5, 5.41) is 2.30. The van der Waals surface area contributed by atoms with Gasteiger partial charge in [-0.3, -0.25) is 0 Å². The Labute approximate surface area is 90.1 Å². The second-order valence-corrected chi connectivity index (χ2v) is 4.91. The van der Waals surface area contributed by atoms with Gasteiger partial charge in [0.25, 0.3) is 0 Å². The minimum atomic E-state index is 1.11. The summed E-state index contributed by atoms with van der Waals surface area (Å²) in [6, 6.07) is 2.34. The monoisotopic (exact) mass is 207 g/mol. The summed E-state index contributed by atoms with van der Waals surface area (Å²) in [6.07, 6.45) is 4.75. The lowest BCUT2D eigenvalue weighted by Gasteiger charge is -2.22. The van der Waals surface area contributed by atoms with Gasteiger partial charge in [-0.15, -0.1) is 11.3 Å². The Morgan fingerprint density at radius 3 is 3.00 bits per heavy atom. The van der Waals surface area contributed by atoms with E-state index in [1.807, 2.05) is 11.3 Å². The first-order chi connectivity index (χ1) is 6.79. The first kappa shape index (κ1) is 9.94. The number of hydrogen-bond acceptors (Lipinski definition) is 2. The van der Waals surface area contributed by atoms with Crippen molar-refractivity contribution in [3.8, 4) is 0 Å². The highest BCUT2D eigenvalue weighted by atomic mass is 32.1. The third-order valence-corrected chi connectivity index (χ3v) is 3.80. The summed E-state index contributed by atoms with van der Waals surface area (Å²) in [5.74, 6) is 0. The van der Waals surface area contributed by atoms with E-state index in [1.54, 1.807) is 0 Å². The zero-order chi connectivity index (χ0) is 9.97.